The Morgan fingerprint density at radius 1 is 1.12 bits per heavy atom. The van der Waals surface area contributed by atoms with Gasteiger partial charge in [0, 0.05) is 25.5 Å². The fraction of sp³-hybridized carbons (Fsp3) is 0.333. The number of hydrogen-bond donors (Lipinski definition) is 0. The van der Waals surface area contributed by atoms with Crippen molar-refractivity contribution in [2.24, 2.45) is 0 Å². The second-order valence-electron chi connectivity index (χ2n) is 6.19. The Bertz CT molecular complexity index is 919. The number of benzene rings is 2. The van der Waals surface area contributed by atoms with Crippen LogP contribution in [0.2, 0.25) is 0 Å². The minimum atomic E-state index is 0.0264. The van der Waals surface area contributed by atoms with Crippen LogP contribution in [0.15, 0.2) is 58.5 Å². The molecule has 3 rings (SSSR count). The highest BCUT2D eigenvalue weighted by Gasteiger charge is 2.11. The molecule has 3 aromatic rings. The van der Waals surface area contributed by atoms with Gasteiger partial charge in [-0.2, -0.15) is 0 Å². The van der Waals surface area contributed by atoms with Gasteiger partial charge in [0.05, 0.1) is 10.9 Å². The molecular formula is C21H24N2O2S. The molecule has 1 aromatic heterocycles. The summed E-state index contributed by atoms with van der Waals surface area (Å²) in [5.41, 5.74) is 3.25. The number of aryl methyl sites for hydroxylation is 1. The van der Waals surface area contributed by atoms with Crippen molar-refractivity contribution in [3.8, 4) is 0 Å². The first kappa shape index (κ1) is 18.7. The van der Waals surface area contributed by atoms with Crippen LogP contribution < -0.4 is 5.56 Å². The van der Waals surface area contributed by atoms with Gasteiger partial charge in [0.1, 0.15) is 0 Å². The number of thioether (sulfide) groups is 1. The van der Waals surface area contributed by atoms with Crippen LogP contribution in [0.4, 0.5) is 0 Å². The third-order valence-electron chi connectivity index (χ3n) is 4.19. The Balaban J connectivity index is 1.87. The Morgan fingerprint density at radius 3 is 2.65 bits per heavy atom. The summed E-state index contributed by atoms with van der Waals surface area (Å²) in [4.78, 5) is 17.7. The van der Waals surface area contributed by atoms with Crippen LogP contribution in [0, 0.1) is 6.92 Å². The van der Waals surface area contributed by atoms with Crippen molar-refractivity contribution >= 4 is 22.7 Å². The minimum Gasteiger partial charge on any atom is -0.382 e. The van der Waals surface area contributed by atoms with E-state index in [1.807, 2.05) is 31.2 Å². The lowest BCUT2D eigenvalue weighted by Gasteiger charge is -2.13. The Labute approximate surface area is 158 Å². The van der Waals surface area contributed by atoms with E-state index in [0.29, 0.717) is 25.1 Å². The van der Waals surface area contributed by atoms with Crippen LogP contribution in [-0.4, -0.2) is 22.8 Å². The maximum absolute atomic E-state index is 12.9. The Kier molecular flexibility index (Phi) is 6.47. The fourth-order valence-corrected chi connectivity index (χ4v) is 3.74. The maximum Gasteiger partial charge on any atom is 0.262 e. The lowest BCUT2D eigenvalue weighted by atomic mass is 10.2. The number of hydrogen-bond acceptors (Lipinski definition) is 4. The van der Waals surface area contributed by atoms with E-state index < -0.39 is 0 Å². The summed E-state index contributed by atoms with van der Waals surface area (Å²) >= 11 is 1.61. The van der Waals surface area contributed by atoms with Gasteiger partial charge in [-0.05, 0) is 38.0 Å². The summed E-state index contributed by atoms with van der Waals surface area (Å²) < 4.78 is 7.21. The number of aromatic nitrogens is 2. The third kappa shape index (κ3) is 4.54. The maximum atomic E-state index is 12.9. The number of para-hydroxylation sites is 1. The van der Waals surface area contributed by atoms with Gasteiger partial charge in [-0.15, -0.1) is 0 Å². The van der Waals surface area contributed by atoms with Gasteiger partial charge >= 0.3 is 0 Å². The van der Waals surface area contributed by atoms with Gasteiger partial charge in [-0.25, -0.2) is 4.98 Å². The van der Waals surface area contributed by atoms with Crippen molar-refractivity contribution < 1.29 is 4.74 Å². The van der Waals surface area contributed by atoms with Crippen LogP contribution in [-0.2, 0) is 17.0 Å². The molecule has 26 heavy (non-hydrogen) atoms. The molecular weight excluding hydrogens is 344 g/mol. The van der Waals surface area contributed by atoms with E-state index in [1.165, 1.54) is 11.1 Å². The number of rotatable bonds is 8. The highest BCUT2D eigenvalue weighted by molar-refractivity contribution is 7.98. The molecule has 0 fully saturated rings. The summed E-state index contributed by atoms with van der Waals surface area (Å²) in [6.45, 7) is 6.02. The van der Waals surface area contributed by atoms with E-state index in [9.17, 15) is 4.79 Å². The largest absolute Gasteiger partial charge is 0.382 e. The third-order valence-corrected chi connectivity index (χ3v) is 5.24. The average molecular weight is 369 g/mol. The van der Waals surface area contributed by atoms with E-state index >= 15 is 0 Å². The molecule has 0 aliphatic carbocycles. The Hall–Kier alpha value is -2.11. The summed E-state index contributed by atoms with van der Waals surface area (Å²) in [7, 11) is 0. The zero-order valence-electron chi connectivity index (χ0n) is 15.3. The van der Waals surface area contributed by atoms with Crippen molar-refractivity contribution in [3.63, 3.8) is 0 Å². The molecule has 0 bridgehead atoms. The SMILES string of the molecule is CCOCCCn1c(SCc2ccc(C)cc2)nc2ccccc2c1=O. The first-order valence-corrected chi connectivity index (χ1v) is 9.93. The summed E-state index contributed by atoms with van der Waals surface area (Å²) in [6.07, 6.45) is 0.797. The van der Waals surface area contributed by atoms with Crippen molar-refractivity contribution in [2.45, 2.75) is 37.7 Å². The summed E-state index contributed by atoms with van der Waals surface area (Å²) in [6, 6.07) is 16.0. The molecule has 0 aliphatic rings. The van der Waals surface area contributed by atoms with Crippen molar-refractivity contribution in [1.82, 2.24) is 9.55 Å². The molecule has 2 aromatic carbocycles. The standard InChI is InChI=1S/C21H24N2O2S/c1-3-25-14-6-13-23-20(24)18-7-4-5-8-19(18)22-21(23)26-15-17-11-9-16(2)10-12-17/h4-5,7-12H,3,6,13-15H2,1-2H3. The van der Waals surface area contributed by atoms with E-state index in [4.69, 9.17) is 9.72 Å². The highest BCUT2D eigenvalue weighted by atomic mass is 32.2. The number of fused-ring (bicyclic) bond motifs is 1. The van der Waals surface area contributed by atoms with Gasteiger partial charge in [0.15, 0.2) is 5.16 Å². The van der Waals surface area contributed by atoms with E-state index in [0.717, 1.165) is 22.8 Å². The van der Waals surface area contributed by atoms with E-state index in [-0.39, 0.29) is 5.56 Å². The lowest BCUT2D eigenvalue weighted by Crippen LogP contribution is -2.24. The van der Waals surface area contributed by atoms with Gasteiger partial charge in [0.25, 0.3) is 5.56 Å². The van der Waals surface area contributed by atoms with Gasteiger partial charge < -0.3 is 4.74 Å². The molecule has 4 nitrogen and oxygen atoms in total. The topological polar surface area (TPSA) is 44.1 Å². The first-order chi connectivity index (χ1) is 12.7. The number of nitrogens with zero attached hydrogens (tertiary/aromatic N) is 2. The van der Waals surface area contributed by atoms with Crippen LogP contribution in [0.5, 0.6) is 0 Å². The van der Waals surface area contributed by atoms with Crippen molar-refractivity contribution in [3.05, 3.63) is 70.0 Å². The smallest absolute Gasteiger partial charge is 0.262 e. The Morgan fingerprint density at radius 2 is 1.88 bits per heavy atom. The molecule has 5 heteroatoms. The zero-order valence-corrected chi connectivity index (χ0v) is 16.1. The molecule has 0 unspecified atom stereocenters. The summed E-state index contributed by atoms with van der Waals surface area (Å²) in [5, 5.41) is 1.44. The molecule has 0 radical (unpaired) electrons. The van der Waals surface area contributed by atoms with Crippen LogP contribution in [0.25, 0.3) is 10.9 Å². The van der Waals surface area contributed by atoms with Crippen molar-refractivity contribution in [1.29, 1.82) is 0 Å². The first-order valence-electron chi connectivity index (χ1n) is 8.94. The monoisotopic (exact) mass is 368 g/mol. The minimum absolute atomic E-state index is 0.0264. The second kappa shape index (κ2) is 9.01. The molecule has 136 valence electrons. The van der Waals surface area contributed by atoms with Crippen LogP contribution >= 0.6 is 11.8 Å². The normalized spacial score (nSPS) is 11.2. The molecule has 1 heterocycles. The molecule has 0 atom stereocenters. The molecule has 0 amide bonds. The van der Waals surface area contributed by atoms with Crippen molar-refractivity contribution in [2.75, 3.05) is 13.2 Å². The predicted molar refractivity (Wildman–Crippen MR) is 108 cm³/mol. The van der Waals surface area contributed by atoms with E-state index in [1.54, 1.807) is 16.3 Å². The fourth-order valence-electron chi connectivity index (χ4n) is 2.76. The molecule has 0 spiro atoms. The lowest BCUT2D eigenvalue weighted by molar-refractivity contribution is 0.140. The highest BCUT2D eigenvalue weighted by Crippen LogP contribution is 2.22. The van der Waals surface area contributed by atoms with Crippen LogP contribution in [0.3, 0.4) is 0 Å². The van der Waals surface area contributed by atoms with Gasteiger partial charge in [-0.1, -0.05) is 53.7 Å². The van der Waals surface area contributed by atoms with E-state index in [2.05, 4.69) is 31.2 Å². The molecule has 0 saturated heterocycles. The molecule has 0 saturated carbocycles. The molecule has 0 aliphatic heterocycles. The van der Waals surface area contributed by atoms with Crippen LogP contribution in [0.1, 0.15) is 24.5 Å². The quantitative estimate of drug-likeness (QED) is 0.335. The predicted octanol–water partition coefficient (Wildman–Crippen LogP) is 4.42. The zero-order chi connectivity index (χ0) is 18.4. The molecule has 0 N–H and O–H groups in total. The van der Waals surface area contributed by atoms with Gasteiger partial charge in [0.2, 0.25) is 0 Å². The number of ether oxygens (including phenoxy) is 1. The second-order valence-corrected chi connectivity index (χ2v) is 7.14. The van der Waals surface area contributed by atoms with Gasteiger partial charge in [-0.3, -0.25) is 9.36 Å². The summed E-state index contributed by atoms with van der Waals surface area (Å²) in [5.74, 6) is 0.788. The average Bonchev–Trinajstić information content (AvgIpc) is 2.66.